The van der Waals surface area contributed by atoms with Crippen LogP contribution in [0.4, 0.5) is 0 Å². The van der Waals surface area contributed by atoms with E-state index in [9.17, 15) is 4.79 Å². The summed E-state index contributed by atoms with van der Waals surface area (Å²) in [6, 6.07) is 15.6. The molecule has 0 aromatic heterocycles. The van der Waals surface area contributed by atoms with Crippen LogP contribution >= 0.6 is 0 Å². The standard InChI is InChI=1S/C37H58O3/c1-4-6-8-10-12-13-14-15-16-17-19-23-31-39-32(3)33-27-29-35(30-28-33)37(38)40-36-26-22-21-25-34(36)24-20-18-11-9-7-5-2/h21-22,25-30,32H,4-20,23-24,31H2,1-3H3. The number of hydrogen-bond donors (Lipinski definition) is 0. The molecule has 0 N–H and O–H groups in total. The summed E-state index contributed by atoms with van der Waals surface area (Å²) < 4.78 is 11.9. The van der Waals surface area contributed by atoms with E-state index in [0.717, 1.165) is 37.0 Å². The van der Waals surface area contributed by atoms with Gasteiger partial charge in [-0.15, -0.1) is 0 Å². The molecule has 0 aliphatic rings. The summed E-state index contributed by atoms with van der Waals surface area (Å²) in [7, 11) is 0. The van der Waals surface area contributed by atoms with Gasteiger partial charge in [0, 0.05) is 6.61 Å². The number of para-hydroxylation sites is 1. The largest absolute Gasteiger partial charge is 0.423 e. The minimum atomic E-state index is -0.299. The van der Waals surface area contributed by atoms with Gasteiger partial charge in [-0.2, -0.15) is 0 Å². The molecule has 2 aromatic carbocycles. The highest BCUT2D eigenvalue weighted by atomic mass is 16.5. The van der Waals surface area contributed by atoms with E-state index >= 15 is 0 Å². The van der Waals surface area contributed by atoms with Crippen molar-refractivity contribution in [3.63, 3.8) is 0 Å². The molecular weight excluding hydrogens is 492 g/mol. The molecule has 0 bridgehead atoms. The smallest absolute Gasteiger partial charge is 0.343 e. The van der Waals surface area contributed by atoms with E-state index in [2.05, 4.69) is 26.8 Å². The maximum atomic E-state index is 12.9. The molecule has 40 heavy (non-hydrogen) atoms. The zero-order valence-corrected chi connectivity index (χ0v) is 26.1. The molecule has 0 amide bonds. The molecule has 0 aliphatic carbocycles. The molecule has 0 saturated heterocycles. The number of benzene rings is 2. The lowest BCUT2D eigenvalue weighted by atomic mass is 10.0. The molecule has 2 aromatic rings. The topological polar surface area (TPSA) is 35.5 Å². The first-order valence-corrected chi connectivity index (χ1v) is 16.7. The van der Waals surface area contributed by atoms with Crippen molar-refractivity contribution in [1.29, 1.82) is 0 Å². The van der Waals surface area contributed by atoms with Gasteiger partial charge in [0.05, 0.1) is 11.7 Å². The van der Waals surface area contributed by atoms with Crippen LogP contribution in [0.1, 0.15) is 164 Å². The van der Waals surface area contributed by atoms with E-state index in [1.807, 2.05) is 42.5 Å². The number of hydrogen-bond acceptors (Lipinski definition) is 3. The van der Waals surface area contributed by atoms with Gasteiger partial charge in [-0.05, 0) is 55.5 Å². The average molecular weight is 551 g/mol. The number of rotatable bonds is 24. The normalized spacial score (nSPS) is 12.0. The van der Waals surface area contributed by atoms with Crippen molar-refractivity contribution in [2.45, 2.75) is 149 Å². The lowest BCUT2D eigenvalue weighted by Crippen LogP contribution is -2.10. The summed E-state index contributed by atoms with van der Waals surface area (Å²) in [5, 5.41) is 0. The SMILES string of the molecule is CCCCCCCCCCCCCCOC(C)c1ccc(C(=O)Oc2ccccc2CCCCCCCC)cc1. The second-order valence-electron chi connectivity index (χ2n) is 11.5. The van der Waals surface area contributed by atoms with Crippen molar-refractivity contribution >= 4 is 5.97 Å². The zero-order valence-electron chi connectivity index (χ0n) is 26.1. The molecule has 0 aliphatic heterocycles. The van der Waals surface area contributed by atoms with Gasteiger partial charge in [-0.25, -0.2) is 4.79 Å². The van der Waals surface area contributed by atoms with Gasteiger partial charge in [0.2, 0.25) is 0 Å². The Hall–Kier alpha value is -2.13. The van der Waals surface area contributed by atoms with Gasteiger partial charge in [-0.1, -0.05) is 147 Å². The van der Waals surface area contributed by atoms with Crippen molar-refractivity contribution in [3.8, 4) is 5.75 Å². The van der Waals surface area contributed by atoms with Crippen molar-refractivity contribution in [1.82, 2.24) is 0 Å². The number of aryl methyl sites for hydroxylation is 1. The third-order valence-corrected chi connectivity index (χ3v) is 7.96. The van der Waals surface area contributed by atoms with Crippen LogP contribution in [0.5, 0.6) is 5.75 Å². The van der Waals surface area contributed by atoms with E-state index in [1.165, 1.54) is 103 Å². The number of esters is 1. The molecule has 0 fully saturated rings. The highest BCUT2D eigenvalue weighted by Gasteiger charge is 2.13. The van der Waals surface area contributed by atoms with Crippen molar-refractivity contribution in [3.05, 3.63) is 65.2 Å². The van der Waals surface area contributed by atoms with Crippen LogP contribution in [0.25, 0.3) is 0 Å². The van der Waals surface area contributed by atoms with Crippen LogP contribution in [-0.4, -0.2) is 12.6 Å². The van der Waals surface area contributed by atoms with Crippen LogP contribution < -0.4 is 4.74 Å². The Kier molecular flexibility index (Phi) is 19.2. The molecule has 0 saturated carbocycles. The molecule has 2 rings (SSSR count). The monoisotopic (exact) mass is 550 g/mol. The molecule has 0 radical (unpaired) electrons. The van der Waals surface area contributed by atoms with E-state index in [-0.39, 0.29) is 12.1 Å². The molecule has 3 heteroatoms. The molecular formula is C37H58O3. The first kappa shape index (κ1) is 34.1. The summed E-state index contributed by atoms with van der Waals surface area (Å²) in [5.74, 6) is 0.385. The van der Waals surface area contributed by atoms with Crippen molar-refractivity contribution in [2.24, 2.45) is 0 Å². The fourth-order valence-electron chi connectivity index (χ4n) is 5.25. The first-order chi connectivity index (χ1) is 19.7. The van der Waals surface area contributed by atoms with Gasteiger partial charge >= 0.3 is 5.97 Å². The second-order valence-corrected chi connectivity index (χ2v) is 11.5. The van der Waals surface area contributed by atoms with Gasteiger partial charge in [-0.3, -0.25) is 0 Å². The highest BCUT2D eigenvalue weighted by Crippen LogP contribution is 2.23. The van der Waals surface area contributed by atoms with Crippen molar-refractivity contribution < 1.29 is 14.3 Å². The Morgan fingerprint density at radius 3 is 1.70 bits per heavy atom. The number of unbranched alkanes of at least 4 members (excludes halogenated alkanes) is 16. The third-order valence-electron chi connectivity index (χ3n) is 7.96. The average Bonchev–Trinajstić information content (AvgIpc) is 2.98. The fraction of sp³-hybridized carbons (Fsp3) is 0.649. The molecule has 3 nitrogen and oxygen atoms in total. The zero-order chi connectivity index (χ0) is 28.7. The van der Waals surface area contributed by atoms with Gasteiger partial charge in [0.1, 0.15) is 5.75 Å². The number of carbonyl (C=O) groups is 1. The first-order valence-electron chi connectivity index (χ1n) is 16.7. The number of ether oxygens (including phenoxy) is 2. The molecule has 0 heterocycles. The summed E-state index contributed by atoms with van der Waals surface area (Å²) >= 11 is 0. The molecule has 1 atom stereocenters. The van der Waals surface area contributed by atoms with Crippen LogP contribution in [0.3, 0.4) is 0 Å². The van der Waals surface area contributed by atoms with Gasteiger partial charge < -0.3 is 9.47 Å². The maximum Gasteiger partial charge on any atom is 0.343 e. The van der Waals surface area contributed by atoms with E-state index < -0.39 is 0 Å². The van der Waals surface area contributed by atoms with E-state index in [4.69, 9.17) is 9.47 Å². The van der Waals surface area contributed by atoms with Gasteiger partial charge in [0.15, 0.2) is 0 Å². The summed E-state index contributed by atoms with van der Waals surface area (Å²) in [6.07, 6.45) is 24.7. The van der Waals surface area contributed by atoms with Crippen LogP contribution in [-0.2, 0) is 11.2 Å². The Morgan fingerprint density at radius 2 is 1.12 bits per heavy atom. The predicted molar refractivity (Wildman–Crippen MR) is 170 cm³/mol. The minimum Gasteiger partial charge on any atom is -0.423 e. The van der Waals surface area contributed by atoms with Crippen LogP contribution in [0.15, 0.2) is 48.5 Å². The fourth-order valence-corrected chi connectivity index (χ4v) is 5.25. The molecule has 0 spiro atoms. The summed E-state index contributed by atoms with van der Waals surface area (Å²) in [5.41, 5.74) is 2.79. The van der Waals surface area contributed by atoms with Crippen LogP contribution in [0, 0.1) is 0 Å². The second kappa shape index (κ2) is 22.5. The molecule has 224 valence electrons. The Labute approximate surface area is 246 Å². The number of carbonyl (C=O) groups excluding carboxylic acids is 1. The predicted octanol–water partition coefficient (Wildman–Crippen LogP) is 11.6. The third kappa shape index (κ3) is 15.0. The van der Waals surface area contributed by atoms with E-state index in [0.29, 0.717) is 11.3 Å². The highest BCUT2D eigenvalue weighted by molar-refractivity contribution is 5.91. The lowest BCUT2D eigenvalue weighted by molar-refractivity contribution is 0.0626. The van der Waals surface area contributed by atoms with Gasteiger partial charge in [0.25, 0.3) is 0 Å². The summed E-state index contributed by atoms with van der Waals surface area (Å²) in [6.45, 7) is 7.40. The Bertz CT molecular complexity index is 889. The van der Waals surface area contributed by atoms with Crippen LogP contribution in [0.2, 0.25) is 0 Å². The Balaban J connectivity index is 1.62. The lowest BCUT2D eigenvalue weighted by Gasteiger charge is -2.14. The van der Waals surface area contributed by atoms with E-state index in [1.54, 1.807) is 0 Å². The summed E-state index contributed by atoms with van der Waals surface area (Å²) in [4.78, 5) is 12.9. The quantitative estimate of drug-likeness (QED) is 0.0740. The van der Waals surface area contributed by atoms with Crippen molar-refractivity contribution in [2.75, 3.05) is 6.61 Å². The Morgan fingerprint density at radius 1 is 0.625 bits per heavy atom. The maximum absolute atomic E-state index is 12.9. The molecule has 1 unspecified atom stereocenters. The minimum absolute atomic E-state index is 0.0239.